The maximum absolute atomic E-state index is 12.2. The number of carbonyl (C=O) groups is 1. The molecule has 0 spiro atoms. The van der Waals surface area contributed by atoms with Gasteiger partial charge in [0.25, 0.3) is 5.95 Å². The van der Waals surface area contributed by atoms with Crippen molar-refractivity contribution in [1.82, 2.24) is 34.2 Å². The van der Waals surface area contributed by atoms with Crippen LogP contribution in [0.15, 0.2) is 73.3 Å². The second-order valence-electron chi connectivity index (χ2n) is 10.3. The molecule has 0 aliphatic carbocycles. The molecular formula is C32H35N7O5. The highest BCUT2D eigenvalue weighted by molar-refractivity contribution is 5.88. The highest BCUT2D eigenvalue weighted by atomic mass is 16.5. The van der Waals surface area contributed by atoms with E-state index in [-0.39, 0.29) is 12.6 Å². The summed E-state index contributed by atoms with van der Waals surface area (Å²) in [6.07, 6.45) is 5.63. The molecule has 4 heterocycles. The van der Waals surface area contributed by atoms with Crippen LogP contribution in [0.3, 0.4) is 0 Å². The minimum absolute atomic E-state index is 0.230. The topological polar surface area (TPSA) is 119 Å². The first kappa shape index (κ1) is 29.3. The summed E-state index contributed by atoms with van der Waals surface area (Å²) < 4.78 is 26.2. The Morgan fingerprint density at radius 1 is 1.00 bits per heavy atom. The van der Waals surface area contributed by atoms with Gasteiger partial charge in [0, 0.05) is 32.4 Å². The lowest BCUT2D eigenvalue weighted by atomic mass is 10.2. The summed E-state index contributed by atoms with van der Waals surface area (Å²) in [5, 5.41) is 4.28. The minimum atomic E-state index is -0.465. The number of aromatic nitrogens is 6. The predicted molar refractivity (Wildman–Crippen MR) is 162 cm³/mol. The van der Waals surface area contributed by atoms with Gasteiger partial charge < -0.3 is 23.5 Å². The van der Waals surface area contributed by atoms with Gasteiger partial charge in [0.05, 0.1) is 44.5 Å². The van der Waals surface area contributed by atoms with E-state index in [9.17, 15) is 4.79 Å². The van der Waals surface area contributed by atoms with Crippen molar-refractivity contribution >= 4 is 17.1 Å². The Balaban J connectivity index is 1.22. The maximum atomic E-state index is 12.2. The van der Waals surface area contributed by atoms with Crippen molar-refractivity contribution in [3.63, 3.8) is 0 Å². The number of hydrogen-bond acceptors (Lipinski definition) is 10. The van der Waals surface area contributed by atoms with E-state index in [1.54, 1.807) is 13.3 Å². The molecule has 0 amide bonds. The molecule has 12 heteroatoms. The van der Waals surface area contributed by atoms with Gasteiger partial charge in [-0.05, 0) is 36.6 Å². The predicted octanol–water partition coefficient (Wildman–Crippen LogP) is 3.92. The van der Waals surface area contributed by atoms with E-state index in [1.165, 1.54) is 17.1 Å². The molecule has 0 atom stereocenters. The maximum Gasteiger partial charge on any atom is 0.341 e. The van der Waals surface area contributed by atoms with Gasteiger partial charge in [-0.1, -0.05) is 42.5 Å². The molecule has 1 aliphatic heterocycles. The molecule has 0 radical (unpaired) electrons. The highest BCUT2D eigenvalue weighted by Crippen LogP contribution is 2.26. The van der Waals surface area contributed by atoms with Crippen LogP contribution in [-0.2, 0) is 22.6 Å². The van der Waals surface area contributed by atoms with Crippen LogP contribution in [0.4, 0.5) is 0 Å². The number of esters is 1. The van der Waals surface area contributed by atoms with Gasteiger partial charge in [-0.15, -0.1) is 0 Å². The Labute approximate surface area is 255 Å². The van der Waals surface area contributed by atoms with E-state index < -0.39 is 5.97 Å². The van der Waals surface area contributed by atoms with Gasteiger partial charge in [-0.3, -0.25) is 4.90 Å². The second kappa shape index (κ2) is 14.1. The summed E-state index contributed by atoms with van der Waals surface area (Å²) in [5.74, 6) is 0.945. The summed E-state index contributed by atoms with van der Waals surface area (Å²) in [5.41, 5.74) is 3.44. The van der Waals surface area contributed by atoms with Gasteiger partial charge in [-0.2, -0.15) is 15.1 Å². The third-order valence-corrected chi connectivity index (χ3v) is 7.19. The Morgan fingerprint density at radius 2 is 1.84 bits per heavy atom. The van der Waals surface area contributed by atoms with Crippen LogP contribution in [0.5, 0.6) is 11.6 Å². The van der Waals surface area contributed by atoms with Gasteiger partial charge >= 0.3 is 5.97 Å². The quantitative estimate of drug-likeness (QED) is 0.146. The zero-order valence-corrected chi connectivity index (χ0v) is 24.7. The minimum Gasteiger partial charge on any atom is -0.494 e. The monoisotopic (exact) mass is 597 g/mol. The SMILES string of the molecule is CCOC(=O)c1cnn(-c2nc(OCc3ccccc3)c3c(ncn3Cc3cccc(OCCCN4CCOCC4)c3)n2)c1. The molecule has 1 saturated heterocycles. The number of carbonyl (C=O) groups excluding carboxylic acids is 1. The van der Waals surface area contributed by atoms with Crippen molar-refractivity contribution in [2.24, 2.45) is 0 Å². The van der Waals surface area contributed by atoms with E-state index in [0.717, 1.165) is 56.1 Å². The third kappa shape index (κ3) is 7.21. The molecule has 0 bridgehead atoms. The molecule has 0 N–H and O–H groups in total. The van der Waals surface area contributed by atoms with Crippen LogP contribution in [0.1, 0.15) is 34.8 Å². The average Bonchev–Trinajstić information content (AvgIpc) is 3.72. The van der Waals surface area contributed by atoms with Gasteiger partial charge in [-0.25, -0.2) is 14.5 Å². The van der Waals surface area contributed by atoms with Crippen molar-refractivity contribution in [2.75, 3.05) is 46.1 Å². The van der Waals surface area contributed by atoms with Gasteiger partial charge in [0.15, 0.2) is 11.2 Å². The molecule has 2 aromatic carbocycles. The van der Waals surface area contributed by atoms with Crippen LogP contribution in [0, 0.1) is 0 Å². The number of rotatable bonds is 13. The summed E-state index contributed by atoms with van der Waals surface area (Å²) >= 11 is 0. The van der Waals surface area contributed by atoms with Crippen LogP contribution < -0.4 is 9.47 Å². The van der Waals surface area contributed by atoms with Crippen LogP contribution >= 0.6 is 0 Å². The standard InChI is InChI=1S/C32H35N7O5/c1-2-42-31(40)26-19-34-39(21-26)32-35-29-28(30(36-32)44-22-24-8-4-3-5-9-24)38(23-33-29)20-25-10-6-11-27(18-25)43-15-7-12-37-13-16-41-17-14-37/h3-6,8-11,18-19,21,23H,2,7,12-17,20,22H2,1H3. The lowest BCUT2D eigenvalue weighted by Gasteiger charge is -2.26. The first-order valence-corrected chi connectivity index (χ1v) is 14.8. The molecular weight excluding hydrogens is 562 g/mol. The van der Waals surface area contributed by atoms with E-state index in [1.807, 2.05) is 59.2 Å². The Bertz CT molecular complexity index is 1680. The first-order valence-electron chi connectivity index (χ1n) is 14.8. The Kier molecular flexibility index (Phi) is 9.38. The molecule has 1 aliphatic rings. The van der Waals surface area contributed by atoms with E-state index in [4.69, 9.17) is 23.9 Å². The van der Waals surface area contributed by atoms with Crippen LogP contribution in [-0.4, -0.2) is 86.2 Å². The molecule has 1 fully saturated rings. The number of hydrogen-bond donors (Lipinski definition) is 0. The lowest BCUT2D eigenvalue weighted by Crippen LogP contribution is -2.37. The Hall–Kier alpha value is -4.81. The molecule has 3 aromatic heterocycles. The summed E-state index contributed by atoms with van der Waals surface area (Å²) in [6, 6.07) is 17.9. The zero-order valence-electron chi connectivity index (χ0n) is 24.7. The number of nitrogens with zero attached hydrogens (tertiary/aromatic N) is 7. The van der Waals surface area contributed by atoms with Crippen LogP contribution in [0.25, 0.3) is 17.1 Å². The van der Waals surface area contributed by atoms with Crippen molar-refractivity contribution in [2.45, 2.75) is 26.5 Å². The fourth-order valence-electron chi connectivity index (χ4n) is 4.97. The molecule has 6 rings (SSSR count). The van der Waals surface area contributed by atoms with E-state index in [0.29, 0.717) is 42.4 Å². The summed E-state index contributed by atoms with van der Waals surface area (Å²) in [7, 11) is 0. The summed E-state index contributed by atoms with van der Waals surface area (Å²) in [4.78, 5) is 28.5. The van der Waals surface area contributed by atoms with Gasteiger partial charge in [0.1, 0.15) is 12.4 Å². The van der Waals surface area contributed by atoms with Crippen LogP contribution in [0.2, 0.25) is 0 Å². The molecule has 12 nitrogen and oxygen atoms in total. The molecule has 0 unspecified atom stereocenters. The molecule has 0 saturated carbocycles. The smallest absolute Gasteiger partial charge is 0.341 e. The van der Waals surface area contributed by atoms with Gasteiger partial charge in [0.2, 0.25) is 5.88 Å². The number of ether oxygens (including phenoxy) is 4. The van der Waals surface area contributed by atoms with Crippen molar-refractivity contribution in [1.29, 1.82) is 0 Å². The molecule has 5 aromatic rings. The number of imidazole rings is 1. The molecule has 44 heavy (non-hydrogen) atoms. The van der Waals surface area contributed by atoms with Crippen molar-refractivity contribution in [3.05, 3.63) is 90.0 Å². The Morgan fingerprint density at radius 3 is 2.68 bits per heavy atom. The molecule has 228 valence electrons. The third-order valence-electron chi connectivity index (χ3n) is 7.19. The first-order chi connectivity index (χ1) is 21.7. The second-order valence-corrected chi connectivity index (χ2v) is 10.3. The normalized spacial score (nSPS) is 13.7. The van der Waals surface area contributed by atoms with E-state index >= 15 is 0 Å². The largest absolute Gasteiger partial charge is 0.494 e. The zero-order chi connectivity index (χ0) is 30.1. The summed E-state index contributed by atoms with van der Waals surface area (Å²) in [6.45, 7) is 8.05. The fraction of sp³-hybridized carbons (Fsp3) is 0.344. The number of morpholine rings is 1. The number of fused-ring (bicyclic) bond motifs is 1. The lowest BCUT2D eigenvalue weighted by molar-refractivity contribution is 0.0358. The average molecular weight is 598 g/mol. The van der Waals surface area contributed by atoms with Crippen molar-refractivity contribution in [3.8, 4) is 17.6 Å². The van der Waals surface area contributed by atoms with E-state index in [2.05, 4.69) is 20.0 Å². The highest BCUT2D eigenvalue weighted by Gasteiger charge is 2.19. The van der Waals surface area contributed by atoms with Crippen molar-refractivity contribution < 1.29 is 23.7 Å². The fourth-order valence-corrected chi connectivity index (χ4v) is 4.97. The number of benzene rings is 2.